The Hall–Kier alpha value is -0.570. The van der Waals surface area contributed by atoms with Gasteiger partial charge in [-0.2, -0.15) is 0 Å². The largest absolute Gasteiger partial charge is 0.396 e. The summed E-state index contributed by atoms with van der Waals surface area (Å²) in [5.41, 5.74) is 0. The number of rotatable bonds is 3. The topological polar surface area (TPSA) is 40.5 Å². The molecule has 1 amide bonds. The summed E-state index contributed by atoms with van der Waals surface area (Å²) in [7, 11) is 0. The Kier molecular flexibility index (Phi) is 4.22. The zero-order valence-corrected chi connectivity index (χ0v) is 8.33. The van der Waals surface area contributed by atoms with Gasteiger partial charge in [0.1, 0.15) is 0 Å². The molecule has 1 heterocycles. The van der Waals surface area contributed by atoms with Crippen molar-refractivity contribution < 1.29 is 9.90 Å². The van der Waals surface area contributed by atoms with Crippen molar-refractivity contribution >= 4 is 5.91 Å². The molecule has 1 aliphatic rings. The summed E-state index contributed by atoms with van der Waals surface area (Å²) in [6.45, 7) is 2.97. The quantitative estimate of drug-likeness (QED) is 0.716. The molecule has 0 spiro atoms. The minimum atomic E-state index is 0.193. The van der Waals surface area contributed by atoms with Gasteiger partial charge in [-0.3, -0.25) is 4.79 Å². The van der Waals surface area contributed by atoms with E-state index in [1.165, 1.54) is 6.42 Å². The normalized spacial score (nSPS) is 23.2. The Bertz CT molecular complexity index is 168. The molecule has 0 aromatic heterocycles. The van der Waals surface area contributed by atoms with Crippen LogP contribution in [0.3, 0.4) is 0 Å². The first-order chi connectivity index (χ1) is 6.29. The lowest BCUT2D eigenvalue weighted by atomic mass is 9.99. The molecule has 1 saturated heterocycles. The molecule has 1 N–H and O–H groups in total. The van der Waals surface area contributed by atoms with E-state index in [0.29, 0.717) is 12.5 Å². The molecule has 13 heavy (non-hydrogen) atoms. The highest BCUT2D eigenvalue weighted by atomic mass is 16.3. The van der Waals surface area contributed by atoms with Gasteiger partial charge in [-0.15, -0.1) is 0 Å². The van der Waals surface area contributed by atoms with Gasteiger partial charge in [0.25, 0.3) is 0 Å². The van der Waals surface area contributed by atoms with Crippen molar-refractivity contribution in [2.75, 3.05) is 13.2 Å². The third kappa shape index (κ3) is 2.69. The Balaban J connectivity index is 2.50. The molecule has 0 aromatic rings. The van der Waals surface area contributed by atoms with Crippen LogP contribution in [0.15, 0.2) is 0 Å². The maximum Gasteiger partial charge on any atom is 0.222 e. The SMILES string of the molecule is CCC(=O)N1CCCC[C@@H]1CCO. The maximum atomic E-state index is 11.5. The molecule has 1 atom stereocenters. The number of aliphatic hydroxyl groups excluding tert-OH is 1. The lowest BCUT2D eigenvalue weighted by molar-refractivity contribution is -0.134. The van der Waals surface area contributed by atoms with E-state index in [-0.39, 0.29) is 12.5 Å². The van der Waals surface area contributed by atoms with Crippen molar-refractivity contribution in [1.29, 1.82) is 0 Å². The smallest absolute Gasteiger partial charge is 0.222 e. The van der Waals surface area contributed by atoms with Crippen LogP contribution in [0.5, 0.6) is 0 Å². The van der Waals surface area contributed by atoms with Crippen LogP contribution in [-0.4, -0.2) is 35.1 Å². The number of nitrogens with zero attached hydrogens (tertiary/aromatic N) is 1. The van der Waals surface area contributed by atoms with Crippen molar-refractivity contribution in [2.45, 2.75) is 45.1 Å². The summed E-state index contributed by atoms with van der Waals surface area (Å²) in [6, 6.07) is 0.297. The zero-order chi connectivity index (χ0) is 9.68. The molecule has 76 valence electrons. The molecule has 0 aliphatic carbocycles. The van der Waals surface area contributed by atoms with Gasteiger partial charge in [0.15, 0.2) is 0 Å². The molecule has 0 radical (unpaired) electrons. The van der Waals surface area contributed by atoms with Crippen LogP contribution >= 0.6 is 0 Å². The third-order valence-corrected chi connectivity index (χ3v) is 2.71. The lowest BCUT2D eigenvalue weighted by Gasteiger charge is -2.35. The first-order valence-electron chi connectivity index (χ1n) is 5.20. The van der Waals surface area contributed by atoms with Crippen LogP contribution in [0, 0.1) is 0 Å². The number of likely N-dealkylation sites (tertiary alicyclic amines) is 1. The van der Waals surface area contributed by atoms with E-state index in [0.717, 1.165) is 25.8 Å². The minimum Gasteiger partial charge on any atom is -0.396 e. The molecule has 1 fully saturated rings. The highest BCUT2D eigenvalue weighted by molar-refractivity contribution is 5.76. The van der Waals surface area contributed by atoms with Gasteiger partial charge in [-0.1, -0.05) is 6.92 Å². The maximum absolute atomic E-state index is 11.5. The predicted molar refractivity (Wildman–Crippen MR) is 51.3 cm³/mol. The molecule has 3 nitrogen and oxygen atoms in total. The minimum absolute atomic E-state index is 0.193. The van der Waals surface area contributed by atoms with E-state index in [2.05, 4.69) is 0 Å². The first kappa shape index (κ1) is 10.5. The molecule has 0 unspecified atom stereocenters. The number of hydrogen-bond acceptors (Lipinski definition) is 2. The van der Waals surface area contributed by atoms with E-state index >= 15 is 0 Å². The van der Waals surface area contributed by atoms with Crippen molar-refractivity contribution in [3.8, 4) is 0 Å². The second-order valence-corrected chi connectivity index (χ2v) is 3.60. The number of carbonyl (C=O) groups is 1. The molecule has 0 bridgehead atoms. The van der Waals surface area contributed by atoms with Crippen molar-refractivity contribution in [1.82, 2.24) is 4.90 Å². The van der Waals surface area contributed by atoms with Crippen LogP contribution in [0.1, 0.15) is 39.0 Å². The van der Waals surface area contributed by atoms with Crippen LogP contribution < -0.4 is 0 Å². The van der Waals surface area contributed by atoms with Crippen LogP contribution in [0.4, 0.5) is 0 Å². The van der Waals surface area contributed by atoms with E-state index in [4.69, 9.17) is 5.11 Å². The van der Waals surface area contributed by atoms with E-state index in [9.17, 15) is 4.79 Å². The lowest BCUT2D eigenvalue weighted by Crippen LogP contribution is -2.43. The molecular formula is C10H19NO2. The van der Waals surface area contributed by atoms with E-state index in [1.807, 2.05) is 11.8 Å². The molecule has 0 saturated carbocycles. The molecule has 1 aliphatic heterocycles. The number of hydrogen-bond donors (Lipinski definition) is 1. The number of amides is 1. The molecular weight excluding hydrogens is 166 g/mol. The predicted octanol–water partition coefficient (Wildman–Crippen LogP) is 1.16. The van der Waals surface area contributed by atoms with Gasteiger partial charge in [-0.25, -0.2) is 0 Å². The molecule has 0 aromatic carbocycles. The summed E-state index contributed by atoms with van der Waals surface area (Å²) in [4.78, 5) is 13.4. The van der Waals surface area contributed by atoms with Crippen LogP contribution in [0.2, 0.25) is 0 Å². The fourth-order valence-corrected chi connectivity index (χ4v) is 1.98. The fraction of sp³-hybridized carbons (Fsp3) is 0.900. The highest BCUT2D eigenvalue weighted by Crippen LogP contribution is 2.19. The van der Waals surface area contributed by atoms with E-state index in [1.54, 1.807) is 0 Å². The molecule has 1 rings (SSSR count). The Labute approximate surface area is 79.7 Å². The van der Waals surface area contributed by atoms with Crippen molar-refractivity contribution in [2.24, 2.45) is 0 Å². The summed E-state index contributed by atoms with van der Waals surface area (Å²) < 4.78 is 0. The summed E-state index contributed by atoms with van der Waals surface area (Å²) in [5.74, 6) is 0.234. The van der Waals surface area contributed by atoms with Crippen LogP contribution in [-0.2, 0) is 4.79 Å². The van der Waals surface area contributed by atoms with Gasteiger partial charge in [0, 0.05) is 25.6 Å². The number of aliphatic hydroxyl groups is 1. The monoisotopic (exact) mass is 185 g/mol. The van der Waals surface area contributed by atoms with Crippen molar-refractivity contribution in [3.05, 3.63) is 0 Å². The summed E-state index contributed by atoms with van der Waals surface area (Å²) in [6.07, 6.45) is 4.70. The Morgan fingerprint density at radius 2 is 2.31 bits per heavy atom. The standard InChI is InChI=1S/C10H19NO2/c1-2-10(13)11-7-4-3-5-9(11)6-8-12/h9,12H,2-8H2,1H3/t9-/m1/s1. The van der Waals surface area contributed by atoms with E-state index < -0.39 is 0 Å². The zero-order valence-electron chi connectivity index (χ0n) is 8.33. The highest BCUT2D eigenvalue weighted by Gasteiger charge is 2.24. The van der Waals surface area contributed by atoms with Crippen LogP contribution in [0.25, 0.3) is 0 Å². The average molecular weight is 185 g/mol. The number of carbonyl (C=O) groups excluding carboxylic acids is 1. The van der Waals surface area contributed by atoms with Gasteiger partial charge >= 0.3 is 0 Å². The second-order valence-electron chi connectivity index (χ2n) is 3.60. The van der Waals surface area contributed by atoms with Gasteiger partial charge < -0.3 is 10.0 Å². The Morgan fingerprint density at radius 1 is 1.54 bits per heavy atom. The first-order valence-corrected chi connectivity index (χ1v) is 5.20. The van der Waals surface area contributed by atoms with Gasteiger partial charge in [0.2, 0.25) is 5.91 Å². The average Bonchev–Trinajstić information content (AvgIpc) is 2.18. The second kappa shape index (κ2) is 5.22. The van der Waals surface area contributed by atoms with Gasteiger partial charge in [-0.05, 0) is 25.7 Å². The molecule has 3 heteroatoms. The fourth-order valence-electron chi connectivity index (χ4n) is 1.98. The summed E-state index contributed by atoms with van der Waals surface area (Å²) >= 11 is 0. The third-order valence-electron chi connectivity index (χ3n) is 2.71. The Morgan fingerprint density at radius 3 is 2.92 bits per heavy atom. The van der Waals surface area contributed by atoms with Gasteiger partial charge in [0.05, 0.1) is 0 Å². The summed E-state index contributed by atoms with van der Waals surface area (Å²) in [5, 5.41) is 8.85. The van der Waals surface area contributed by atoms with Crippen molar-refractivity contribution in [3.63, 3.8) is 0 Å². The number of piperidine rings is 1.